The minimum atomic E-state index is -0.820. The molecule has 1 aliphatic rings. The topological polar surface area (TPSA) is 108 Å². The molecular weight excluding hydrogens is 286 g/mol. The van der Waals surface area contributed by atoms with Crippen LogP contribution in [0.2, 0.25) is 0 Å². The lowest BCUT2D eigenvalue weighted by atomic mass is 10.1. The molecule has 4 atom stereocenters. The SMILES string of the molecule is COC1C(O)C(CCl)OC1n1cnc2c(N)ncnc21. The molecule has 108 valence electrons. The summed E-state index contributed by atoms with van der Waals surface area (Å²) in [5.74, 6) is 0.455. The second-order valence-electron chi connectivity index (χ2n) is 4.49. The summed E-state index contributed by atoms with van der Waals surface area (Å²) in [7, 11) is 1.50. The van der Waals surface area contributed by atoms with Gasteiger partial charge >= 0.3 is 0 Å². The number of aromatic nitrogens is 4. The lowest BCUT2D eigenvalue weighted by molar-refractivity contribution is -0.0468. The van der Waals surface area contributed by atoms with Gasteiger partial charge in [0.1, 0.15) is 30.2 Å². The molecule has 0 aromatic carbocycles. The molecule has 3 rings (SSSR count). The highest BCUT2D eigenvalue weighted by Gasteiger charge is 2.45. The maximum absolute atomic E-state index is 10.1. The Kier molecular flexibility index (Phi) is 3.47. The highest BCUT2D eigenvalue weighted by atomic mass is 35.5. The first kappa shape index (κ1) is 13.5. The van der Waals surface area contributed by atoms with Crippen LogP contribution in [0.4, 0.5) is 5.82 Å². The van der Waals surface area contributed by atoms with E-state index in [1.165, 1.54) is 19.8 Å². The largest absolute Gasteiger partial charge is 0.387 e. The van der Waals surface area contributed by atoms with Gasteiger partial charge in [0.25, 0.3) is 0 Å². The fourth-order valence-electron chi connectivity index (χ4n) is 2.38. The first-order valence-corrected chi connectivity index (χ1v) is 6.56. The number of nitrogens with two attached hydrogens (primary N) is 1. The van der Waals surface area contributed by atoms with E-state index in [1.807, 2.05) is 0 Å². The van der Waals surface area contributed by atoms with E-state index in [2.05, 4.69) is 15.0 Å². The molecule has 2 aromatic rings. The van der Waals surface area contributed by atoms with E-state index in [-0.39, 0.29) is 11.7 Å². The molecule has 4 unspecified atom stereocenters. The maximum atomic E-state index is 10.1. The Morgan fingerprint density at radius 3 is 3.00 bits per heavy atom. The molecule has 0 amide bonds. The number of nitrogens with zero attached hydrogens (tertiary/aromatic N) is 4. The van der Waals surface area contributed by atoms with Crippen molar-refractivity contribution >= 4 is 28.6 Å². The Morgan fingerprint density at radius 2 is 2.30 bits per heavy atom. The maximum Gasteiger partial charge on any atom is 0.167 e. The zero-order valence-electron chi connectivity index (χ0n) is 10.7. The highest BCUT2D eigenvalue weighted by molar-refractivity contribution is 6.18. The van der Waals surface area contributed by atoms with E-state index in [4.69, 9.17) is 26.8 Å². The van der Waals surface area contributed by atoms with Crippen LogP contribution >= 0.6 is 11.6 Å². The first-order valence-electron chi connectivity index (χ1n) is 6.02. The van der Waals surface area contributed by atoms with E-state index in [0.29, 0.717) is 11.2 Å². The molecule has 8 nitrogen and oxygen atoms in total. The van der Waals surface area contributed by atoms with Gasteiger partial charge in [0.05, 0.1) is 12.2 Å². The summed E-state index contributed by atoms with van der Waals surface area (Å²) in [4.78, 5) is 12.2. The molecule has 3 N–H and O–H groups in total. The Bertz CT molecular complexity index is 621. The van der Waals surface area contributed by atoms with Gasteiger partial charge in [0, 0.05) is 7.11 Å². The minimum absolute atomic E-state index is 0.168. The average molecular weight is 300 g/mol. The third-order valence-electron chi connectivity index (χ3n) is 3.40. The predicted octanol–water partition coefficient (Wildman–Crippen LogP) is -0.0794. The van der Waals surface area contributed by atoms with Crippen LogP contribution in [0.5, 0.6) is 0 Å². The summed E-state index contributed by atoms with van der Waals surface area (Å²) < 4.78 is 12.7. The summed E-state index contributed by atoms with van der Waals surface area (Å²) in [6, 6.07) is 0. The number of nitrogen functional groups attached to an aromatic ring is 1. The molecule has 9 heteroatoms. The van der Waals surface area contributed by atoms with Crippen LogP contribution in [0, 0.1) is 0 Å². The minimum Gasteiger partial charge on any atom is -0.387 e. The normalized spacial score (nSPS) is 30.1. The number of fused-ring (bicyclic) bond motifs is 1. The summed E-state index contributed by atoms with van der Waals surface area (Å²) in [6.07, 6.45) is 0.422. The van der Waals surface area contributed by atoms with Gasteiger partial charge in [-0.3, -0.25) is 4.57 Å². The molecule has 0 radical (unpaired) electrons. The van der Waals surface area contributed by atoms with Crippen molar-refractivity contribution in [3.63, 3.8) is 0 Å². The summed E-state index contributed by atoms with van der Waals surface area (Å²) in [5, 5.41) is 10.1. The number of rotatable bonds is 3. The number of anilines is 1. The Balaban J connectivity index is 2.04. The van der Waals surface area contributed by atoms with E-state index in [1.54, 1.807) is 4.57 Å². The van der Waals surface area contributed by atoms with Gasteiger partial charge < -0.3 is 20.3 Å². The molecule has 20 heavy (non-hydrogen) atoms. The molecule has 0 spiro atoms. The lowest BCUT2D eigenvalue weighted by Gasteiger charge is -2.19. The Hall–Kier alpha value is -1.48. The van der Waals surface area contributed by atoms with Crippen LogP contribution in [-0.2, 0) is 9.47 Å². The number of aliphatic hydroxyl groups excluding tert-OH is 1. The quantitative estimate of drug-likeness (QED) is 0.763. The van der Waals surface area contributed by atoms with Crippen LogP contribution in [0.3, 0.4) is 0 Å². The standard InChI is InChI=1S/C11H14ClN5O3/c1-19-8-7(18)5(2-12)20-11(8)17-4-16-6-9(13)14-3-15-10(6)17/h3-5,7-8,11,18H,2H2,1H3,(H2,13,14,15). The molecule has 1 saturated heterocycles. The van der Waals surface area contributed by atoms with Gasteiger partial charge in [0.15, 0.2) is 17.7 Å². The Labute approximate surface area is 119 Å². The predicted molar refractivity (Wildman–Crippen MR) is 71.2 cm³/mol. The molecule has 3 heterocycles. The molecule has 0 aliphatic carbocycles. The molecule has 1 fully saturated rings. The van der Waals surface area contributed by atoms with Crippen molar-refractivity contribution < 1.29 is 14.6 Å². The van der Waals surface area contributed by atoms with E-state index >= 15 is 0 Å². The molecule has 0 bridgehead atoms. The zero-order valence-corrected chi connectivity index (χ0v) is 11.4. The zero-order chi connectivity index (χ0) is 14.3. The van der Waals surface area contributed by atoms with Crippen LogP contribution in [-0.4, -0.2) is 55.9 Å². The second-order valence-corrected chi connectivity index (χ2v) is 4.80. The van der Waals surface area contributed by atoms with Crippen LogP contribution < -0.4 is 5.73 Å². The number of imidazole rings is 1. The van der Waals surface area contributed by atoms with Gasteiger partial charge in [-0.1, -0.05) is 0 Å². The smallest absolute Gasteiger partial charge is 0.167 e. The Morgan fingerprint density at radius 1 is 1.50 bits per heavy atom. The molecule has 0 saturated carbocycles. The van der Waals surface area contributed by atoms with Crippen LogP contribution in [0.15, 0.2) is 12.7 Å². The van der Waals surface area contributed by atoms with Crippen molar-refractivity contribution in [2.75, 3.05) is 18.7 Å². The van der Waals surface area contributed by atoms with Crippen LogP contribution in [0.25, 0.3) is 11.2 Å². The summed E-state index contributed by atoms with van der Waals surface area (Å²) in [6.45, 7) is 0. The molecule has 1 aliphatic heterocycles. The fraction of sp³-hybridized carbons (Fsp3) is 0.545. The average Bonchev–Trinajstić information content (AvgIpc) is 3.00. The summed E-state index contributed by atoms with van der Waals surface area (Å²) >= 11 is 5.78. The van der Waals surface area contributed by atoms with Gasteiger partial charge in [-0.25, -0.2) is 15.0 Å². The van der Waals surface area contributed by atoms with Crippen molar-refractivity contribution in [3.05, 3.63) is 12.7 Å². The van der Waals surface area contributed by atoms with Gasteiger partial charge in [-0.05, 0) is 0 Å². The lowest BCUT2D eigenvalue weighted by Crippen LogP contribution is -2.33. The molecule has 2 aromatic heterocycles. The monoisotopic (exact) mass is 299 g/mol. The van der Waals surface area contributed by atoms with Crippen molar-refractivity contribution in [2.24, 2.45) is 0 Å². The van der Waals surface area contributed by atoms with E-state index in [0.717, 1.165) is 0 Å². The number of ether oxygens (including phenoxy) is 2. The number of alkyl halides is 1. The van der Waals surface area contributed by atoms with E-state index in [9.17, 15) is 5.11 Å². The second kappa shape index (κ2) is 5.13. The third-order valence-corrected chi connectivity index (χ3v) is 3.70. The molecular formula is C11H14ClN5O3. The van der Waals surface area contributed by atoms with Gasteiger partial charge in [0.2, 0.25) is 0 Å². The van der Waals surface area contributed by atoms with Crippen molar-refractivity contribution in [3.8, 4) is 0 Å². The summed E-state index contributed by atoms with van der Waals surface area (Å²) in [5.41, 5.74) is 6.75. The van der Waals surface area contributed by atoms with Crippen molar-refractivity contribution in [2.45, 2.75) is 24.5 Å². The number of hydrogen-bond donors (Lipinski definition) is 2. The van der Waals surface area contributed by atoms with Gasteiger partial charge in [-0.2, -0.15) is 0 Å². The van der Waals surface area contributed by atoms with Crippen LogP contribution in [0.1, 0.15) is 6.23 Å². The van der Waals surface area contributed by atoms with E-state index < -0.39 is 24.5 Å². The van der Waals surface area contributed by atoms with Crippen molar-refractivity contribution in [1.29, 1.82) is 0 Å². The van der Waals surface area contributed by atoms with Gasteiger partial charge in [-0.15, -0.1) is 11.6 Å². The number of halogens is 1. The number of aliphatic hydroxyl groups is 1. The van der Waals surface area contributed by atoms with Crippen molar-refractivity contribution in [1.82, 2.24) is 19.5 Å². The number of methoxy groups -OCH3 is 1. The third kappa shape index (κ3) is 1.92. The fourth-order valence-corrected chi connectivity index (χ4v) is 2.64. The number of hydrogen-bond acceptors (Lipinski definition) is 7. The first-order chi connectivity index (χ1) is 9.67. The highest BCUT2D eigenvalue weighted by Crippen LogP contribution is 2.33.